The Hall–Kier alpha value is -2.05. The molecule has 1 aliphatic rings. The minimum absolute atomic E-state index is 0.200. The van der Waals surface area contributed by atoms with Crippen molar-refractivity contribution in [2.45, 2.75) is 45.9 Å². The van der Waals surface area contributed by atoms with Crippen molar-refractivity contribution in [3.8, 4) is 0 Å². The van der Waals surface area contributed by atoms with E-state index in [0.717, 1.165) is 12.4 Å². The highest BCUT2D eigenvalue weighted by Gasteiger charge is 2.25. The molecule has 0 radical (unpaired) electrons. The van der Waals surface area contributed by atoms with Gasteiger partial charge in [-0.2, -0.15) is 0 Å². The van der Waals surface area contributed by atoms with Crippen molar-refractivity contribution in [1.29, 1.82) is 0 Å². The van der Waals surface area contributed by atoms with Crippen LogP contribution >= 0.6 is 0 Å². The summed E-state index contributed by atoms with van der Waals surface area (Å²) in [7, 11) is 0. The topological polar surface area (TPSA) is 71.8 Å². The highest BCUT2D eigenvalue weighted by molar-refractivity contribution is 5.88. The molecular formula is C15H25N5O2. The molecule has 1 atom stereocenters. The molecule has 0 saturated carbocycles. The molecule has 1 aromatic heterocycles. The number of amides is 1. The zero-order chi connectivity index (χ0) is 16.2. The number of aromatic nitrogens is 2. The Morgan fingerprint density at radius 3 is 2.91 bits per heavy atom. The second kappa shape index (κ2) is 6.81. The van der Waals surface area contributed by atoms with Gasteiger partial charge in [0.1, 0.15) is 11.4 Å². The van der Waals surface area contributed by atoms with E-state index < -0.39 is 5.60 Å². The Labute approximate surface area is 131 Å². The van der Waals surface area contributed by atoms with Gasteiger partial charge in [-0.15, -0.1) is 0 Å². The van der Waals surface area contributed by atoms with Gasteiger partial charge in [-0.25, -0.2) is 9.78 Å². The van der Waals surface area contributed by atoms with Crippen molar-refractivity contribution >= 4 is 11.9 Å². The zero-order valence-electron chi connectivity index (χ0n) is 13.7. The normalized spacial score (nSPS) is 16.9. The zero-order valence-corrected chi connectivity index (χ0v) is 13.7. The molecule has 0 aromatic carbocycles. The highest BCUT2D eigenvalue weighted by Crippen LogP contribution is 2.11. The van der Waals surface area contributed by atoms with Crippen LogP contribution in [-0.2, 0) is 11.3 Å². The molecule has 0 saturated heterocycles. The lowest BCUT2D eigenvalue weighted by atomic mass is 10.2. The Kier molecular flexibility index (Phi) is 5.05. The average Bonchev–Trinajstić information content (AvgIpc) is 2.89. The molecule has 1 amide bonds. The van der Waals surface area contributed by atoms with Crippen molar-refractivity contribution < 1.29 is 9.53 Å². The Balaban J connectivity index is 1.85. The SMILES string of the molecule is CC(Cn1ccnc1)NC1=NCCN(C(=O)OC(C)(C)C)C1. The summed E-state index contributed by atoms with van der Waals surface area (Å²) in [5.74, 6) is 0.824. The molecule has 1 aromatic rings. The van der Waals surface area contributed by atoms with Gasteiger partial charge in [-0.05, 0) is 27.7 Å². The fourth-order valence-electron chi connectivity index (χ4n) is 2.23. The van der Waals surface area contributed by atoms with Gasteiger partial charge in [0.25, 0.3) is 0 Å². The van der Waals surface area contributed by atoms with Crippen LogP contribution < -0.4 is 5.32 Å². The summed E-state index contributed by atoms with van der Waals surface area (Å²) >= 11 is 0. The van der Waals surface area contributed by atoms with Crippen LogP contribution in [0.1, 0.15) is 27.7 Å². The smallest absolute Gasteiger partial charge is 0.410 e. The molecule has 7 nitrogen and oxygen atoms in total. The largest absolute Gasteiger partial charge is 0.444 e. The molecule has 0 aliphatic carbocycles. The number of carbonyl (C=O) groups excluding carboxylic acids is 1. The van der Waals surface area contributed by atoms with Crippen molar-refractivity contribution in [1.82, 2.24) is 19.8 Å². The summed E-state index contributed by atoms with van der Waals surface area (Å²) in [6.45, 7) is 10.1. The number of ether oxygens (including phenoxy) is 1. The van der Waals surface area contributed by atoms with Gasteiger partial charge < -0.3 is 14.6 Å². The van der Waals surface area contributed by atoms with E-state index in [1.165, 1.54) is 0 Å². The second-order valence-electron chi connectivity index (χ2n) is 6.54. The Bertz CT molecular complexity index is 519. The first kappa shape index (κ1) is 16.3. The molecular weight excluding hydrogens is 282 g/mol. The number of hydrogen-bond donors (Lipinski definition) is 1. The standard InChI is InChI=1S/C15H25N5O2/c1-12(9-19-7-5-16-11-19)18-13-10-20(8-6-17-13)14(21)22-15(2,3)4/h5,7,11-12H,6,8-10H2,1-4H3,(H,17,18). The van der Waals surface area contributed by atoms with Crippen LogP contribution in [0.25, 0.3) is 0 Å². The highest BCUT2D eigenvalue weighted by atomic mass is 16.6. The van der Waals surface area contributed by atoms with E-state index in [2.05, 4.69) is 22.2 Å². The fraction of sp³-hybridized carbons (Fsp3) is 0.667. The third-order valence-corrected chi connectivity index (χ3v) is 3.12. The van der Waals surface area contributed by atoms with Crippen LogP contribution in [0.5, 0.6) is 0 Å². The third-order valence-electron chi connectivity index (χ3n) is 3.12. The molecule has 2 rings (SSSR count). The number of nitrogens with one attached hydrogen (secondary N) is 1. The van der Waals surface area contributed by atoms with Crippen molar-refractivity contribution in [2.75, 3.05) is 19.6 Å². The van der Waals surface area contributed by atoms with E-state index >= 15 is 0 Å². The summed E-state index contributed by atoms with van der Waals surface area (Å²) in [5, 5.41) is 3.36. The van der Waals surface area contributed by atoms with E-state index in [1.54, 1.807) is 17.4 Å². The minimum Gasteiger partial charge on any atom is -0.444 e. The summed E-state index contributed by atoms with van der Waals surface area (Å²) in [4.78, 5) is 22.3. The number of aliphatic imine (C=N–C) groups is 1. The molecule has 0 bridgehead atoms. The van der Waals surface area contributed by atoms with E-state index in [9.17, 15) is 4.79 Å². The lowest BCUT2D eigenvalue weighted by Gasteiger charge is -2.30. The second-order valence-corrected chi connectivity index (χ2v) is 6.54. The van der Waals surface area contributed by atoms with Crippen LogP contribution in [0.15, 0.2) is 23.7 Å². The monoisotopic (exact) mass is 307 g/mol. The summed E-state index contributed by atoms with van der Waals surface area (Å²) < 4.78 is 7.41. The molecule has 2 heterocycles. The first-order valence-corrected chi connectivity index (χ1v) is 7.57. The first-order valence-electron chi connectivity index (χ1n) is 7.57. The molecule has 1 aliphatic heterocycles. The van der Waals surface area contributed by atoms with Gasteiger partial charge in [0, 0.05) is 31.5 Å². The number of hydrogen-bond acceptors (Lipinski definition) is 5. The Morgan fingerprint density at radius 1 is 1.50 bits per heavy atom. The predicted molar refractivity (Wildman–Crippen MR) is 84.9 cm³/mol. The van der Waals surface area contributed by atoms with E-state index in [0.29, 0.717) is 19.6 Å². The van der Waals surface area contributed by atoms with Crippen LogP contribution in [0.4, 0.5) is 4.79 Å². The van der Waals surface area contributed by atoms with Crippen molar-refractivity contribution in [3.63, 3.8) is 0 Å². The lowest BCUT2D eigenvalue weighted by Crippen LogP contribution is -2.49. The molecule has 1 N–H and O–H groups in total. The molecule has 0 spiro atoms. The first-order chi connectivity index (χ1) is 10.3. The fourth-order valence-corrected chi connectivity index (χ4v) is 2.23. The lowest BCUT2D eigenvalue weighted by molar-refractivity contribution is 0.0276. The van der Waals surface area contributed by atoms with Crippen LogP contribution in [0.2, 0.25) is 0 Å². The maximum atomic E-state index is 12.1. The summed E-state index contributed by atoms with van der Waals surface area (Å²) in [5.41, 5.74) is -0.478. The van der Waals surface area contributed by atoms with Gasteiger partial charge in [0.15, 0.2) is 0 Å². The number of imidazole rings is 1. The van der Waals surface area contributed by atoms with E-state index in [-0.39, 0.29) is 12.1 Å². The van der Waals surface area contributed by atoms with Crippen LogP contribution in [-0.4, -0.2) is 57.7 Å². The van der Waals surface area contributed by atoms with Gasteiger partial charge >= 0.3 is 6.09 Å². The number of carbonyl (C=O) groups is 1. The predicted octanol–water partition coefficient (Wildman–Crippen LogP) is 1.51. The van der Waals surface area contributed by atoms with E-state index in [1.807, 2.05) is 31.5 Å². The van der Waals surface area contributed by atoms with E-state index in [4.69, 9.17) is 4.74 Å². The molecule has 1 unspecified atom stereocenters. The third kappa shape index (κ3) is 5.05. The molecule has 22 heavy (non-hydrogen) atoms. The maximum Gasteiger partial charge on any atom is 0.410 e. The number of rotatable bonds is 3. The van der Waals surface area contributed by atoms with Crippen molar-refractivity contribution in [3.05, 3.63) is 18.7 Å². The summed E-state index contributed by atoms with van der Waals surface area (Å²) in [6.07, 6.45) is 5.18. The quantitative estimate of drug-likeness (QED) is 0.919. The maximum absolute atomic E-state index is 12.1. The number of amidine groups is 1. The molecule has 0 fully saturated rings. The van der Waals surface area contributed by atoms with Gasteiger partial charge in [-0.1, -0.05) is 0 Å². The van der Waals surface area contributed by atoms with Gasteiger partial charge in [0.05, 0.1) is 19.4 Å². The van der Waals surface area contributed by atoms with Crippen LogP contribution in [0.3, 0.4) is 0 Å². The van der Waals surface area contributed by atoms with Crippen molar-refractivity contribution in [2.24, 2.45) is 4.99 Å². The van der Waals surface area contributed by atoms with Gasteiger partial charge in [-0.3, -0.25) is 9.89 Å². The average molecular weight is 307 g/mol. The minimum atomic E-state index is -0.478. The molecule has 7 heteroatoms. The van der Waals surface area contributed by atoms with Crippen LogP contribution in [0, 0.1) is 0 Å². The number of nitrogens with zero attached hydrogens (tertiary/aromatic N) is 4. The summed E-state index contributed by atoms with van der Waals surface area (Å²) in [6, 6.07) is 0.200. The van der Waals surface area contributed by atoms with Gasteiger partial charge in [0.2, 0.25) is 0 Å². The molecule has 122 valence electrons. The Morgan fingerprint density at radius 2 is 2.27 bits per heavy atom.